The summed E-state index contributed by atoms with van der Waals surface area (Å²) in [5.74, 6) is 0.917. The van der Waals surface area contributed by atoms with Gasteiger partial charge in [0.25, 0.3) is 0 Å². The first-order chi connectivity index (χ1) is 11.2. The van der Waals surface area contributed by atoms with Gasteiger partial charge in [-0.3, -0.25) is 0 Å². The number of H-pyrrole nitrogens is 1. The molecule has 0 fully saturated rings. The van der Waals surface area contributed by atoms with Gasteiger partial charge in [0.1, 0.15) is 5.82 Å². The van der Waals surface area contributed by atoms with E-state index in [0.29, 0.717) is 0 Å². The molecular weight excluding hydrogens is 280 g/mol. The third kappa shape index (κ3) is 2.42. The second-order valence-electron chi connectivity index (χ2n) is 5.95. The fourth-order valence-electron chi connectivity index (χ4n) is 2.93. The van der Waals surface area contributed by atoms with E-state index in [1.165, 1.54) is 22.3 Å². The van der Waals surface area contributed by atoms with Crippen LogP contribution in [0.2, 0.25) is 0 Å². The summed E-state index contributed by atoms with van der Waals surface area (Å²) < 4.78 is 0. The number of rotatable bonds is 2. The van der Waals surface area contributed by atoms with Gasteiger partial charge in [0, 0.05) is 5.56 Å². The summed E-state index contributed by atoms with van der Waals surface area (Å²) in [6.07, 6.45) is 0. The number of aromatic amines is 1. The van der Waals surface area contributed by atoms with E-state index in [0.717, 1.165) is 22.4 Å². The van der Waals surface area contributed by atoms with E-state index in [4.69, 9.17) is 4.98 Å². The summed E-state index contributed by atoms with van der Waals surface area (Å²) in [7, 11) is 0. The summed E-state index contributed by atoms with van der Waals surface area (Å²) in [4.78, 5) is 8.19. The van der Waals surface area contributed by atoms with Gasteiger partial charge in [-0.15, -0.1) is 0 Å². The minimum atomic E-state index is 0.917. The van der Waals surface area contributed by atoms with Crippen LogP contribution >= 0.6 is 0 Å². The lowest BCUT2D eigenvalue weighted by Crippen LogP contribution is -1.88. The molecule has 2 nitrogen and oxygen atoms in total. The van der Waals surface area contributed by atoms with Crippen LogP contribution < -0.4 is 0 Å². The number of imidazole rings is 1. The lowest BCUT2D eigenvalue weighted by Gasteiger charge is -2.09. The molecule has 0 saturated carbocycles. The molecule has 23 heavy (non-hydrogen) atoms. The Morgan fingerprint density at radius 3 is 2.26 bits per heavy atom. The zero-order valence-corrected chi connectivity index (χ0v) is 13.3. The van der Waals surface area contributed by atoms with Gasteiger partial charge in [-0.2, -0.15) is 0 Å². The number of hydrogen-bond donors (Lipinski definition) is 1. The first kappa shape index (κ1) is 13.8. The predicted octanol–water partition coefficient (Wildman–Crippen LogP) is 5.51. The van der Waals surface area contributed by atoms with Gasteiger partial charge >= 0.3 is 0 Å². The molecule has 0 saturated heterocycles. The lowest BCUT2D eigenvalue weighted by atomic mass is 9.96. The van der Waals surface area contributed by atoms with Crippen LogP contribution in [0.15, 0.2) is 66.7 Å². The monoisotopic (exact) mass is 298 g/mol. The minimum Gasteiger partial charge on any atom is -0.338 e. The molecule has 0 aliphatic heterocycles. The molecule has 0 unspecified atom stereocenters. The number of aromatic nitrogens is 2. The Labute approximate surface area is 135 Å². The molecule has 0 aliphatic carbocycles. The molecule has 0 bridgehead atoms. The molecule has 3 aromatic carbocycles. The van der Waals surface area contributed by atoms with E-state index in [1.807, 2.05) is 18.2 Å². The van der Waals surface area contributed by atoms with Crippen LogP contribution in [-0.2, 0) is 0 Å². The number of nitrogens with zero attached hydrogens (tertiary/aromatic N) is 1. The largest absolute Gasteiger partial charge is 0.338 e. The van der Waals surface area contributed by atoms with Crippen molar-refractivity contribution < 1.29 is 0 Å². The first-order valence-electron chi connectivity index (χ1n) is 7.84. The van der Waals surface area contributed by atoms with Crippen molar-refractivity contribution in [3.63, 3.8) is 0 Å². The van der Waals surface area contributed by atoms with Crippen molar-refractivity contribution in [1.29, 1.82) is 0 Å². The van der Waals surface area contributed by atoms with Gasteiger partial charge in [-0.25, -0.2) is 4.98 Å². The molecule has 0 amide bonds. The average molecular weight is 298 g/mol. The fraction of sp³-hybridized carbons (Fsp3) is 0.0952. The fourth-order valence-corrected chi connectivity index (χ4v) is 2.93. The first-order valence-corrected chi connectivity index (χ1v) is 7.84. The molecule has 1 N–H and O–H groups in total. The zero-order valence-electron chi connectivity index (χ0n) is 13.3. The second kappa shape index (κ2) is 5.40. The van der Waals surface area contributed by atoms with Gasteiger partial charge in [0.2, 0.25) is 0 Å². The van der Waals surface area contributed by atoms with Crippen molar-refractivity contribution in [3.8, 4) is 22.5 Å². The molecule has 112 valence electrons. The molecule has 0 radical (unpaired) electrons. The average Bonchev–Trinajstić information content (AvgIpc) is 3.01. The van der Waals surface area contributed by atoms with E-state index < -0.39 is 0 Å². The molecule has 0 spiro atoms. The van der Waals surface area contributed by atoms with Gasteiger partial charge < -0.3 is 4.98 Å². The Morgan fingerprint density at radius 1 is 0.739 bits per heavy atom. The number of aryl methyl sites for hydroxylation is 2. The lowest BCUT2D eigenvalue weighted by molar-refractivity contribution is 1.32. The number of nitrogens with one attached hydrogen (secondary N) is 1. The van der Waals surface area contributed by atoms with Gasteiger partial charge in [-0.1, -0.05) is 54.6 Å². The normalized spacial score (nSPS) is 11.0. The van der Waals surface area contributed by atoms with Crippen LogP contribution in [0.25, 0.3) is 33.5 Å². The van der Waals surface area contributed by atoms with Crippen LogP contribution in [-0.4, -0.2) is 9.97 Å². The highest BCUT2D eigenvalue weighted by Gasteiger charge is 2.11. The van der Waals surface area contributed by atoms with E-state index in [1.54, 1.807) is 0 Å². The summed E-state index contributed by atoms with van der Waals surface area (Å²) >= 11 is 0. The Hall–Kier alpha value is -2.87. The van der Waals surface area contributed by atoms with Crippen LogP contribution in [0.1, 0.15) is 11.1 Å². The highest BCUT2D eigenvalue weighted by atomic mass is 14.9. The maximum absolute atomic E-state index is 4.75. The zero-order chi connectivity index (χ0) is 15.8. The van der Waals surface area contributed by atoms with E-state index >= 15 is 0 Å². The molecule has 4 rings (SSSR count). The highest BCUT2D eigenvalue weighted by molar-refractivity contribution is 5.85. The Morgan fingerprint density at radius 2 is 1.48 bits per heavy atom. The van der Waals surface area contributed by atoms with Gasteiger partial charge in [-0.05, 0) is 48.2 Å². The molecular formula is C21H18N2. The van der Waals surface area contributed by atoms with Crippen LogP contribution in [0, 0.1) is 13.8 Å². The Balaban J connectivity index is 1.91. The Bertz CT molecular complexity index is 963. The summed E-state index contributed by atoms with van der Waals surface area (Å²) in [6, 6.07) is 23.2. The molecule has 4 aromatic rings. The quantitative estimate of drug-likeness (QED) is 0.519. The van der Waals surface area contributed by atoms with Crippen LogP contribution in [0.5, 0.6) is 0 Å². The van der Waals surface area contributed by atoms with Crippen molar-refractivity contribution in [1.82, 2.24) is 9.97 Å². The van der Waals surface area contributed by atoms with E-state index in [9.17, 15) is 0 Å². The van der Waals surface area contributed by atoms with Crippen molar-refractivity contribution in [2.24, 2.45) is 0 Å². The third-order valence-electron chi connectivity index (χ3n) is 4.39. The van der Waals surface area contributed by atoms with Crippen molar-refractivity contribution >= 4 is 11.0 Å². The highest BCUT2D eigenvalue weighted by Crippen LogP contribution is 2.32. The number of hydrogen-bond acceptors (Lipinski definition) is 1. The molecule has 2 heteroatoms. The van der Waals surface area contributed by atoms with Gasteiger partial charge in [0.05, 0.1) is 11.0 Å². The standard InChI is InChI=1S/C21H18N2/c1-14-11-12-16(13-15(14)2)17-7-3-4-8-18(17)21-22-19-9-5-6-10-20(19)23-21/h3-13H,1-2H3,(H,22,23). The van der Waals surface area contributed by atoms with Gasteiger partial charge in [0.15, 0.2) is 0 Å². The summed E-state index contributed by atoms with van der Waals surface area (Å²) in [5.41, 5.74) is 8.25. The topological polar surface area (TPSA) is 28.7 Å². The smallest absolute Gasteiger partial charge is 0.139 e. The van der Waals surface area contributed by atoms with Crippen LogP contribution in [0.3, 0.4) is 0 Å². The molecule has 0 atom stereocenters. The Kier molecular flexibility index (Phi) is 3.23. The molecule has 0 aliphatic rings. The van der Waals surface area contributed by atoms with Crippen molar-refractivity contribution in [3.05, 3.63) is 77.9 Å². The van der Waals surface area contributed by atoms with Crippen molar-refractivity contribution in [2.75, 3.05) is 0 Å². The number of para-hydroxylation sites is 2. The maximum Gasteiger partial charge on any atom is 0.139 e. The maximum atomic E-state index is 4.75. The third-order valence-corrected chi connectivity index (χ3v) is 4.39. The van der Waals surface area contributed by atoms with E-state index in [-0.39, 0.29) is 0 Å². The summed E-state index contributed by atoms with van der Waals surface area (Å²) in [6.45, 7) is 4.30. The molecule has 1 heterocycles. The SMILES string of the molecule is Cc1ccc(-c2ccccc2-c2nc3ccccc3[nH]2)cc1C. The predicted molar refractivity (Wildman–Crippen MR) is 96.4 cm³/mol. The van der Waals surface area contributed by atoms with Crippen LogP contribution in [0.4, 0.5) is 0 Å². The molecule has 1 aromatic heterocycles. The number of benzene rings is 3. The minimum absolute atomic E-state index is 0.917. The number of fused-ring (bicyclic) bond motifs is 1. The van der Waals surface area contributed by atoms with E-state index in [2.05, 4.69) is 67.4 Å². The second-order valence-corrected chi connectivity index (χ2v) is 5.95. The summed E-state index contributed by atoms with van der Waals surface area (Å²) in [5, 5.41) is 0. The van der Waals surface area contributed by atoms with Crippen molar-refractivity contribution in [2.45, 2.75) is 13.8 Å².